The summed E-state index contributed by atoms with van der Waals surface area (Å²) < 4.78 is 6.08. The zero-order valence-electron chi connectivity index (χ0n) is 19.4. The van der Waals surface area contributed by atoms with Crippen molar-refractivity contribution in [2.75, 3.05) is 13.2 Å². The van der Waals surface area contributed by atoms with E-state index in [1.807, 2.05) is 0 Å². The Morgan fingerprint density at radius 2 is 0.667 bits per heavy atom. The second-order valence-electron chi connectivity index (χ2n) is 8.64. The van der Waals surface area contributed by atoms with Gasteiger partial charge in [-0.1, -0.05) is 121 Å². The molecule has 0 aliphatic heterocycles. The van der Waals surface area contributed by atoms with Gasteiger partial charge in [-0.3, -0.25) is 0 Å². The van der Waals surface area contributed by atoms with Crippen LogP contribution in [0.4, 0.5) is 0 Å². The number of ether oxygens (including phenoxy) is 1. The quantitative estimate of drug-likeness (QED) is 0.204. The van der Waals surface area contributed by atoms with Crippen LogP contribution in [0.15, 0.2) is 121 Å². The van der Waals surface area contributed by atoms with Crippen LogP contribution in [-0.4, -0.2) is 13.2 Å². The van der Waals surface area contributed by atoms with Crippen molar-refractivity contribution < 1.29 is 4.74 Å². The van der Waals surface area contributed by atoms with Crippen molar-refractivity contribution >= 4 is 0 Å². The van der Waals surface area contributed by atoms with Crippen LogP contribution in [0.1, 0.15) is 59.8 Å². The summed E-state index contributed by atoms with van der Waals surface area (Å²) in [6, 6.07) is 43.4. The van der Waals surface area contributed by atoms with Gasteiger partial charge in [0.15, 0.2) is 0 Å². The van der Waals surface area contributed by atoms with Crippen LogP contribution in [0.25, 0.3) is 0 Å². The normalized spacial score (nSPS) is 11.2. The van der Waals surface area contributed by atoms with Crippen molar-refractivity contribution in [2.45, 2.75) is 37.5 Å². The summed E-state index contributed by atoms with van der Waals surface area (Å²) in [6.45, 7) is 1.63. The van der Waals surface area contributed by atoms with Gasteiger partial charge in [-0.05, 0) is 47.9 Å². The average molecular weight is 435 g/mol. The number of rotatable bonds is 12. The van der Waals surface area contributed by atoms with Gasteiger partial charge in [0.05, 0.1) is 0 Å². The largest absolute Gasteiger partial charge is 0.381 e. The molecule has 0 heterocycles. The predicted octanol–water partition coefficient (Wildman–Crippen LogP) is 8.23. The summed E-state index contributed by atoms with van der Waals surface area (Å²) in [7, 11) is 0. The molecular weight excluding hydrogens is 400 g/mol. The molecule has 0 saturated carbocycles. The first kappa shape index (κ1) is 23.0. The van der Waals surface area contributed by atoms with E-state index < -0.39 is 0 Å². The Hall–Kier alpha value is -3.16. The molecule has 0 amide bonds. The van der Waals surface area contributed by atoms with E-state index in [1.54, 1.807) is 0 Å². The molecule has 0 atom stereocenters. The first-order valence-electron chi connectivity index (χ1n) is 12.2. The lowest BCUT2D eigenvalue weighted by Crippen LogP contribution is -2.06. The van der Waals surface area contributed by atoms with Gasteiger partial charge in [0.1, 0.15) is 0 Å². The van der Waals surface area contributed by atoms with Crippen LogP contribution in [0.3, 0.4) is 0 Å². The van der Waals surface area contributed by atoms with Gasteiger partial charge in [0, 0.05) is 25.0 Å². The fourth-order valence-corrected chi connectivity index (χ4v) is 4.67. The molecule has 1 nitrogen and oxygen atoms in total. The van der Waals surface area contributed by atoms with E-state index in [4.69, 9.17) is 4.74 Å². The maximum atomic E-state index is 6.08. The summed E-state index contributed by atoms with van der Waals surface area (Å²) >= 11 is 0. The molecule has 168 valence electrons. The standard InChI is InChI=1S/C32H34O/c1-5-15-27(16-6-1)31(28-17-7-2-8-18-28)23-13-25-33-26-14-24-32(29-19-9-3-10-20-29)30-21-11-4-12-22-30/h1-12,15-22,31-32H,13-14,23-26H2. The lowest BCUT2D eigenvalue weighted by molar-refractivity contribution is 0.125. The third-order valence-electron chi connectivity index (χ3n) is 6.37. The monoisotopic (exact) mass is 434 g/mol. The van der Waals surface area contributed by atoms with Crippen molar-refractivity contribution in [3.63, 3.8) is 0 Å². The maximum absolute atomic E-state index is 6.08. The SMILES string of the molecule is c1ccc(C(CCCOCCCC(c2ccccc2)c2ccccc2)c2ccccc2)cc1. The van der Waals surface area contributed by atoms with Crippen LogP contribution in [0, 0.1) is 0 Å². The molecule has 0 aliphatic carbocycles. The molecule has 0 unspecified atom stereocenters. The Kier molecular flexibility index (Phi) is 8.90. The van der Waals surface area contributed by atoms with E-state index in [1.165, 1.54) is 22.3 Å². The van der Waals surface area contributed by atoms with Crippen LogP contribution < -0.4 is 0 Å². The van der Waals surface area contributed by atoms with Gasteiger partial charge in [-0.25, -0.2) is 0 Å². The van der Waals surface area contributed by atoms with Crippen LogP contribution in [0.5, 0.6) is 0 Å². The zero-order valence-corrected chi connectivity index (χ0v) is 19.4. The number of benzene rings is 4. The van der Waals surface area contributed by atoms with Gasteiger partial charge in [0.2, 0.25) is 0 Å². The highest BCUT2D eigenvalue weighted by Crippen LogP contribution is 2.30. The lowest BCUT2D eigenvalue weighted by Gasteiger charge is -2.19. The summed E-state index contributed by atoms with van der Waals surface area (Å²) in [5, 5.41) is 0. The van der Waals surface area contributed by atoms with E-state index in [-0.39, 0.29) is 0 Å². The Morgan fingerprint density at radius 1 is 0.394 bits per heavy atom. The van der Waals surface area contributed by atoms with Gasteiger partial charge >= 0.3 is 0 Å². The van der Waals surface area contributed by atoms with E-state index in [9.17, 15) is 0 Å². The van der Waals surface area contributed by atoms with Crippen molar-refractivity contribution in [3.8, 4) is 0 Å². The van der Waals surface area contributed by atoms with Gasteiger partial charge in [0.25, 0.3) is 0 Å². The Bertz CT molecular complexity index is 863. The zero-order chi connectivity index (χ0) is 22.6. The fraction of sp³-hybridized carbons (Fsp3) is 0.250. The summed E-state index contributed by atoms with van der Waals surface area (Å²) in [5.74, 6) is 0.855. The minimum Gasteiger partial charge on any atom is -0.381 e. The number of hydrogen-bond acceptors (Lipinski definition) is 1. The Labute approximate surface area is 199 Å². The molecule has 4 aromatic rings. The third kappa shape index (κ3) is 6.91. The number of hydrogen-bond donors (Lipinski definition) is 0. The maximum Gasteiger partial charge on any atom is 0.0466 e. The highest BCUT2D eigenvalue weighted by molar-refractivity contribution is 5.33. The molecule has 0 bridgehead atoms. The van der Waals surface area contributed by atoms with Gasteiger partial charge < -0.3 is 4.74 Å². The molecule has 0 fully saturated rings. The predicted molar refractivity (Wildman–Crippen MR) is 139 cm³/mol. The molecule has 0 aliphatic rings. The van der Waals surface area contributed by atoms with E-state index in [2.05, 4.69) is 121 Å². The van der Waals surface area contributed by atoms with Crippen LogP contribution >= 0.6 is 0 Å². The lowest BCUT2D eigenvalue weighted by atomic mass is 9.87. The molecule has 0 radical (unpaired) electrons. The average Bonchev–Trinajstić information content (AvgIpc) is 2.90. The molecule has 4 aromatic carbocycles. The van der Waals surface area contributed by atoms with Crippen molar-refractivity contribution in [1.29, 1.82) is 0 Å². The molecule has 1 heteroatoms. The Balaban J connectivity index is 1.25. The summed E-state index contributed by atoms with van der Waals surface area (Å²) in [6.07, 6.45) is 4.33. The highest BCUT2D eigenvalue weighted by atomic mass is 16.5. The Morgan fingerprint density at radius 3 is 0.939 bits per heavy atom. The molecule has 0 spiro atoms. The second-order valence-corrected chi connectivity index (χ2v) is 8.64. The van der Waals surface area contributed by atoms with E-state index >= 15 is 0 Å². The van der Waals surface area contributed by atoms with Crippen LogP contribution in [-0.2, 0) is 4.74 Å². The molecular formula is C32H34O. The second kappa shape index (κ2) is 12.8. The molecule has 0 N–H and O–H groups in total. The third-order valence-corrected chi connectivity index (χ3v) is 6.37. The highest BCUT2D eigenvalue weighted by Gasteiger charge is 2.15. The van der Waals surface area contributed by atoms with Gasteiger partial charge in [-0.15, -0.1) is 0 Å². The van der Waals surface area contributed by atoms with Gasteiger partial charge in [-0.2, -0.15) is 0 Å². The fourth-order valence-electron chi connectivity index (χ4n) is 4.67. The van der Waals surface area contributed by atoms with Crippen molar-refractivity contribution in [3.05, 3.63) is 144 Å². The molecule has 33 heavy (non-hydrogen) atoms. The molecule has 0 saturated heterocycles. The van der Waals surface area contributed by atoms with E-state index in [0.29, 0.717) is 11.8 Å². The first-order chi connectivity index (χ1) is 16.4. The minimum atomic E-state index is 0.427. The van der Waals surface area contributed by atoms with Crippen molar-refractivity contribution in [1.82, 2.24) is 0 Å². The minimum absolute atomic E-state index is 0.427. The smallest absolute Gasteiger partial charge is 0.0466 e. The molecule has 0 aromatic heterocycles. The van der Waals surface area contributed by atoms with Crippen molar-refractivity contribution in [2.24, 2.45) is 0 Å². The summed E-state index contributed by atoms with van der Waals surface area (Å²) in [5.41, 5.74) is 5.55. The van der Waals surface area contributed by atoms with E-state index in [0.717, 1.165) is 38.9 Å². The topological polar surface area (TPSA) is 9.23 Å². The summed E-state index contributed by atoms with van der Waals surface area (Å²) in [4.78, 5) is 0. The molecule has 4 rings (SSSR count). The first-order valence-corrected chi connectivity index (χ1v) is 12.2. The van der Waals surface area contributed by atoms with Crippen LogP contribution in [0.2, 0.25) is 0 Å².